The van der Waals surface area contributed by atoms with Crippen LogP contribution in [0, 0.1) is 6.92 Å². The summed E-state index contributed by atoms with van der Waals surface area (Å²) in [5.41, 5.74) is 4.35. The Balaban J connectivity index is 1.66. The van der Waals surface area contributed by atoms with Crippen LogP contribution in [0.1, 0.15) is 40.6 Å². The third-order valence-electron chi connectivity index (χ3n) is 5.67. The zero-order valence-corrected chi connectivity index (χ0v) is 17.6. The molecule has 4 rings (SSSR count). The molecule has 1 saturated heterocycles. The van der Waals surface area contributed by atoms with Crippen LogP contribution >= 0.6 is 0 Å². The number of aldehydes is 1. The average molecular weight is 419 g/mol. The number of likely N-dealkylation sites (tertiary alicyclic amines) is 1. The molecule has 0 radical (unpaired) electrons. The standard InChI is InChI=1S/C24H25N3O4/c1-16-3-7-18(8-4-16)21-22(19-9-5-17(15-28)6-10-19)31-23(25-21)20-11-13-27(14-12-20)24(29)26(2)30/h3-10,15,20,30H,11-14H2,1-2H3. The van der Waals surface area contributed by atoms with Crippen molar-refractivity contribution >= 4 is 12.3 Å². The predicted octanol–water partition coefficient (Wildman–Crippen LogP) is 4.75. The van der Waals surface area contributed by atoms with Crippen molar-refractivity contribution in [3.63, 3.8) is 0 Å². The van der Waals surface area contributed by atoms with Gasteiger partial charge in [0.05, 0.1) is 0 Å². The van der Waals surface area contributed by atoms with E-state index >= 15 is 0 Å². The summed E-state index contributed by atoms with van der Waals surface area (Å²) in [7, 11) is 1.33. The number of nitrogens with zero attached hydrogens (tertiary/aromatic N) is 3. The van der Waals surface area contributed by atoms with Crippen LogP contribution in [0.2, 0.25) is 0 Å². The topological polar surface area (TPSA) is 86.9 Å². The van der Waals surface area contributed by atoms with Gasteiger partial charge in [-0.15, -0.1) is 0 Å². The van der Waals surface area contributed by atoms with Crippen molar-refractivity contribution in [3.05, 3.63) is 65.5 Å². The van der Waals surface area contributed by atoms with E-state index in [1.54, 1.807) is 17.0 Å². The lowest BCUT2D eigenvalue weighted by Crippen LogP contribution is -2.43. The number of urea groups is 1. The van der Waals surface area contributed by atoms with Crippen molar-refractivity contribution in [1.82, 2.24) is 14.9 Å². The number of oxazole rings is 1. The largest absolute Gasteiger partial charge is 0.440 e. The molecular weight excluding hydrogens is 394 g/mol. The maximum absolute atomic E-state index is 12.0. The number of hydrogen-bond acceptors (Lipinski definition) is 5. The molecule has 1 N–H and O–H groups in total. The summed E-state index contributed by atoms with van der Waals surface area (Å²) in [6.07, 6.45) is 2.23. The molecule has 7 nitrogen and oxygen atoms in total. The van der Waals surface area contributed by atoms with Crippen molar-refractivity contribution in [2.75, 3.05) is 20.1 Å². The van der Waals surface area contributed by atoms with E-state index < -0.39 is 6.03 Å². The Hall–Kier alpha value is -3.45. The smallest absolute Gasteiger partial charge is 0.343 e. The van der Waals surface area contributed by atoms with Gasteiger partial charge in [0, 0.05) is 42.7 Å². The van der Waals surface area contributed by atoms with E-state index in [0.29, 0.717) is 48.2 Å². The molecular formula is C24H25N3O4. The predicted molar refractivity (Wildman–Crippen MR) is 116 cm³/mol. The molecule has 3 aromatic rings. The van der Waals surface area contributed by atoms with E-state index in [0.717, 1.165) is 28.7 Å². The lowest BCUT2D eigenvalue weighted by Gasteiger charge is -2.31. The third-order valence-corrected chi connectivity index (χ3v) is 5.67. The fourth-order valence-corrected chi connectivity index (χ4v) is 3.85. The van der Waals surface area contributed by atoms with Crippen molar-refractivity contribution in [3.8, 4) is 22.6 Å². The molecule has 1 aliphatic rings. The summed E-state index contributed by atoms with van der Waals surface area (Å²) in [6.45, 7) is 3.09. The second kappa shape index (κ2) is 8.73. The summed E-state index contributed by atoms with van der Waals surface area (Å²) in [4.78, 5) is 29.5. The maximum atomic E-state index is 12.0. The number of hydrogen-bond donors (Lipinski definition) is 1. The Labute approximate surface area is 180 Å². The van der Waals surface area contributed by atoms with E-state index in [-0.39, 0.29) is 5.92 Å². The summed E-state index contributed by atoms with van der Waals surface area (Å²) >= 11 is 0. The van der Waals surface area contributed by atoms with Crippen molar-refractivity contribution < 1.29 is 19.2 Å². The van der Waals surface area contributed by atoms with E-state index in [1.807, 2.05) is 43.3 Å². The van der Waals surface area contributed by atoms with Gasteiger partial charge < -0.3 is 9.32 Å². The fraction of sp³-hybridized carbons (Fsp3) is 0.292. The van der Waals surface area contributed by atoms with Gasteiger partial charge >= 0.3 is 6.03 Å². The lowest BCUT2D eigenvalue weighted by molar-refractivity contribution is -0.0358. The van der Waals surface area contributed by atoms with E-state index in [4.69, 9.17) is 9.40 Å². The highest BCUT2D eigenvalue weighted by atomic mass is 16.5. The second-order valence-corrected chi connectivity index (χ2v) is 7.90. The first-order valence-electron chi connectivity index (χ1n) is 10.3. The normalized spacial score (nSPS) is 14.5. The van der Waals surface area contributed by atoms with Crippen LogP contribution in [0.3, 0.4) is 0 Å². The SMILES string of the molecule is Cc1ccc(-c2nc(C3CCN(C(=O)N(C)O)CC3)oc2-c2ccc(C=O)cc2)cc1. The summed E-state index contributed by atoms with van der Waals surface area (Å²) in [6, 6.07) is 15.0. The van der Waals surface area contributed by atoms with Crippen LogP contribution in [-0.2, 0) is 0 Å². The molecule has 1 aromatic heterocycles. The van der Waals surface area contributed by atoms with Crippen molar-refractivity contribution in [2.45, 2.75) is 25.7 Å². The van der Waals surface area contributed by atoms with Crippen LogP contribution in [-0.4, -0.2) is 52.6 Å². The number of hydroxylamine groups is 2. The number of rotatable bonds is 4. The molecule has 0 atom stereocenters. The Morgan fingerprint density at radius 3 is 2.29 bits per heavy atom. The molecule has 1 fully saturated rings. The summed E-state index contributed by atoms with van der Waals surface area (Å²) in [5, 5.41) is 10.0. The zero-order chi connectivity index (χ0) is 22.0. The molecule has 2 heterocycles. The summed E-state index contributed by atoms with van der Waals surface area (Å²) in [5.74, 6) is 1.40. The highest BCUT2D eigenvalue weighted by molar-refractivity contribution is 5.80. The van der Waals surface area contributed by atoms with Gasteiger partial charge in [-0.2, -0.15) is 0 Å². The molecule has 0 spiro atoms. The van der Waals surface area contributed by atoms with Gasteiger partial charge in [0.15, 0.2) is 11.7 Å². The highest BCUT2D eigenvalue weighted by Crippen LogP contribution is 2.37. The third kappa shape index (κ3) is 4.36. The Morgan fingerprint density at radius 1 is 1.10 bits per heavy atom. The minimum atomic E-state index is -0.401. The second-order valence-electron chi connectivity index (χ2n) is 7.90. The van der Waals surface area contributed by atoms with Gasteiger partial charge in [-0.1, -0.05) is 54.1 Å². The molecule has 0 unspecified atom stereocenters. The molecule has 7 heteroatoms. The number of aryl methyl sites for hydroxylation is 1. The molecule has 0 aliphatic carbocycles. The Morgan fingerprint density at radius 2 is 1.71 bits per heavy atom. The highest BCUT2D eigenvalue weighted by Gasteiger charge is 2.29. The number of carbonyl (C=O) groups is 2. The lowest BCUT2D eigenvalue weighted by atomic mass is 9.97. The molecule has 31 heavy (non-hydrogen) atoms. The monoisotopic (exact) mass is 419 g/mol. The quantitative estimate of drug-likeness (QED) is 0.375. The van der Waals surface area contributed by atoms with E-state index in [2.05, 4.69) is 0 Å². The molecule has 160 valence electrons. The number of aromatic nitrogens is 1. The molecule has 0 saturated carbocycles. The van der Waals surface area contributed by atoms with Gasteiger partial charge in [0.1, 0.15) is 12.0 Å². The minimum absolute atomic E-state index is 0.0836. The van der Waals surface area contributed by atoms with E-state index in [9.17, 15) is 14.8 Å². The zero-order valence-electron chi connectivity index (χ0n) is 17.6. The van der Waals surface area contributed by atoms with E-state index in [1.165, 1.54) is 7.05 Å². The molecule has 0 bridgehead atoms. The first kappa shape index (κ1) is 20.8. The Kier molecular flexibility index (Phi) is 5.86. The van der Waals surface area contributed by atoms with Gasteiger partial charge in [0.25, 0.3) is 0 Å². The number of amides is 2. The van der Waals surface area contributed by atoms with Crippen LogP contribution in [0.25, 0.3) is 22.6 Å². The molecule has 2 aromatic carbocycles. The first-order valence-corrected chi connectivity index (χ1v) is 10.3. The Bertz CT molecular complexity index is 1060. The van der Waals surface area contributed by atoms with Gasteiger partial charge in [0.2, 0.25) is 0 Å². The summed E-state index contributed by atoms with van der Waals surface area (Å²) < 4.78 is 6.28. The maximum Gasteiger partial charge on any atom is 0.343 e. The average Bonchev–Trinajstić information content (AvgIpc) is 3.24. The van der Waals surface area contributed by atoms with Gasteiger partial charge in [-0.25, -0.2) is 14.8 Å². The van der Waals surface area contributed by atoms with Crippen LogP contribution < -0.4 is 0 Å². The minimum Gasteiger partial charge on any atom is -0.440 e. The van der Waals surface area contributed by atoms with Crippen molar-refractivity contribution in [1.29, 1.82) is 0 Å². The van der Waals surface area contributed by atoms with Gasteiger partial charge in [-0.05, 0) is 19.8 Å². The number of piperidine rings is 1. The molecule has 2 amide bonds. The van der Waals surface area contributed by atoms with Crippen molar-refractivity contribution in [2.24, 2.45) is 0 Å². The fourth-order valence-electron chi connectivity index (χ4n) is 3.85. The molecule has 1 aliphatic heterocycles. The van der Waals surface area contributed by atoms with Gasteiger partial charge in [-0.3, -0.25) is 10.0 Å². The first-order chi connectivity index (χ1) is 15.0. The van der Waals surface area contributed by atoms with Crippen LogP contribution in [0.4, 0.5) is 4.79 Å². The number of carbonyl (C=O) groups excluding carboxylic acids is 2. The van der Waals surface area contributed by atoms with Crippen LogP contribution in [0.15, 0.2) is 52.9 Å². The van der Waals surface area contributed by atoms with Crippen LogP contribution in [0.5, 0.6) is 0 Å². The number of benzene rings is 2.